The van der Waals surface area contributed by atoms with Gasteiger partial charge >= 0.3 is 18.3 Å². The fourth-order valence-electron chi connectivity index (χ4n) is 6.77. The lowest BCUT2D eigenvalue weighted by Gasteiger charge is -2.27. The lowest BCUT2D eigenvalue weighted by Crippen LogP contribution is -2.41. The summed E-state index contributed by atoms with van der Waals surface area (Å²) in [5.74, 6) is -6.78. The van der Waals surface area contributed by atoms with Crippen LogP contribution >= 0.6 is 0 Å². The van der Waals surface area contributed by atoms with Crippen LogP contribution in [-0.4, -0.2) is 47.1 Å². The van der Waals surface area contributed by atoms with Crippen molar-refractivity contribution in [1.29, 1.82) is 0 Å². The molecule has 15 heteroatoms. The van der Waals surface area contributed by atoms with E-state index in [1.165, 1.54) is 0 Å². The third-order valence-corrected chi connectivity index (χ3v) is 9.31. The van der Waals surface area contributed by atoms with Crippen LogP contribution in [0.2, 0.25) is 0 Å². The third kappa shape index (κ3) is 9.84. The van der Waals surface area contributed by atoms with Crippen molar-refractivity contribution in [1.82, 2.24) is 14.8 Å². The molecule has 290 valence electrons. The van der Waals surface area contributed by atoms with Gasteiger partial charge in [0.15, 0.2) is 0 Å². The van der Waals surface area contributed by atoms with Crippen molar-refractivity contribution in [2.24, 2.45) is 5.92 Å². The zero-order valence-electron chi connectivity index (χ0n) is 30.2. The van der Waals surface area contributed by atoms with Crippen molar-refractivity contribution in [2.45, 2.75) is 96.6 Å². The molecule has 3 aromatic rings. The molecule has 7 nitrogen and oxygen atoms in total. The summed E-state index contributed by atoms with van der Waals surface area (Å²) in [7, 11) is 3.43. The van der Waals surface area contributed by atoms with E-state index in [1.807, 2.05) is 0 Å². The van der Waals surface area contributed by atoms with Crippen LogP contribution in [0.15, 0.2) is 35.3 Å². The largest absolute Gasteiger partial charge is 0.481 e. The van der Waals surface area contributed by atoms with E-state index in [-0.39, 0.29) is 36.3 Å². The Labute approximate surface area is 302 Å². The minimum Gasteiger partial charge on any atom is -0.481 e. The average Bonchev–Trinajstić information content (AvgIpc) is 3.85. The number of pyridine rings is 1. The second kappa shape index (κ2) is 16.0. The van der Waals surface area contributed by atoms with E-state index in [0.717, 1.165) is 29.2 Å². The number of carboxylic acid groups (broad SMARTS) is 1. The van der Waals surface area contributed by atoms with Crippen molar-refractivity contribution >= 4 is 11.9 Å². The van der Waals surface area contributed by atoms with Crippen LogP contribution in [0, 0.1) is 31.4 Å². The highest BCUT2D eigenvalue weighted by atomic mass is 19.4. The molecule has 1 heterocycles. The number of carboxylic acids is 1. The van der Waals surface area contributed by atoms with Crippen molar-refractivity contribution in [3.63, 3.8) is 0 Å². The summed E-state index contributed by atoms with van der Waals surface area (Å²) in [5, 5.41) is 11.9. The van der Waals surface area contributed by atoms with Crippen LogP contribution in [0.1, 0.15) is 103 Å². The number of alkyl halides is 6. The molecule has 1 unspecified atom stereocenters. The lowest BCUT2D eigenvalue weighted by molar-refractivity contribution is -0.140. The molecule has 53 heavy (non-hydrogen) atoms. The number of amides is 1. The van der Waals surface area contributed by atoms with Gasteiger partial charge in [0, 0.05) is 23.4 Å². The predicted molar refractivity (Wildman–Crippen MR) is 182 cm³/mol. The van der Waals surface area contributed by atoms with Gasteiger partial charge in [-0.1, -0.05) is 26.0 Å². The van der Waals surface area contributed by atoms with Gasteiger partial charge in [-0.25, -0.2) is 8.78 Å². The Balaban J connectivity index is 1.89. The fraction of sp³-hybridized carbons (Fsp3) is 0.500. The van der Waals surface area contributed by atoms with E-state index in [9.17, 15) is 45.8 Å². The highest BCUT2D eigenvalue weighted by molar-refractivity contribution is 5.82. The second-order valence-corrected chi connectivity index (χ2v) is 14.5. The molecule has 1 aliphatic carbocycles. The second-order valence-electron chi connectivity index (χ2n) is 14.5. The number of nitrogens with one attached hydrogen (secondary N) is 1. The number of hydrogen-bond acceptors (Lipinski definition) is 4. The molecular weight excluding hydrogens is 714 g/mol. The zero-order chi connectivity index (χ0) is 39.7. The minimum absolute atomic E-state index is 0.0369. The van der Waals surface area contributed by atoms with Gasteiger partial charge in [0.05, 0.1) is 23.6 Å². The number of carbonyl (C=O) groups excluding carboxylic acids is 1. The number of nitrogens with zero attached hydrogens (tertiary/aromatic N) is 2. The van der Waals surface area contributed by atoms with Crippen LogP contribution in [0.5, 0.6) is 0 Å². The standard InChI is InChI=1S/C38H43F8N3O4/c1-19(2)12-29(49-18-23(8-7-11-48(5)6)26(16-30(49)50)37(41,42)43)36(53)47-28(17-31(51)52)33-34(39)25(15-27(35(33)40)38(44,45)46)32-20(3)13-24(14-21(32)4)22-9-10-22/h13-16,18-19,22,28-29H,7-12,17H2,1-6H3,(H,47,53)(H,51,52)/t28-,29?/m0/s1. The average molecular weight is 758 g/mol. The lowest BCUT2D eigenvalue weighted by atomic mass is 9.87. The first-order valence-electron chi connectivity index (χ1n) is 17.2. The minimum atomic E-state index is -5.37. The van der Waals surface area contributed by atoms with Crippen LogP contribution in [0.3, 0.4) is 0 Å². The Hall–Kier alpha value is -4.27. The topological polar surface area (TPSA) is 91.6 Å². The Kier molecular flexibility index (Phi) is 12.5. The summed E-state index contributed by atoms with van der Waals surface area (Å²) in [5.41, 5.74) is -4.90. The number of aliphatic carboxylic acids is 1. The quantitative estimate of drug-likeness (QED) is 0.161. The molecule has 2 atom stereocenters. The summed E-state index contributed by atoms with van der Waals surface area (Å²) < 4.78 is 118. The van der Waals surface area contributed by atoms with Crippen LogP contribution < -0.4 is 10.9 Å². The first-order valence-corrected chi connectivity index (χ1v) is 17.2. The third-order valence-electron chi connectivity index (χ3n) is 9.31. The van der Waals surface area contributed by atoms with Crippen molar-refractivity contribution in [3.8, 4) is 11.1 Å². The van der Waals surface area contributed by atoms with Gasteiger partial charge in [0.25, 0.3) is 5.56 Å². The molecule has 1 aromatic heterocycles. The molecule has 0 saturated heterocycles. The van der Waals surface area contributed by atoms with Gasteiger partial charge < -0.3 is 19.9 Å². The van der Waals surface area contributed by atoms with Crippen LogP contribution in [-0.2, 0) is 28.4 Å². The smallest absolute Gasteiger partial charge is 0.419 e. The molecule has 1 aliphatic rings. The molecule has 2 aromatic carbocycles. The van der Waals surface area contributed by atoms with Crippen LogP contribution in [0.4, 0.5) is 35.1 Å². The predicted octanol–water partition coefficient (Wildman–Crippen LogP) is 8.74. The summed E-state index contributed by atoms with van der Waals surface area (Å²) in [6, 6.07) is 0.216. The summed E-state index contributed by atoms with van der Waals surface area (Å²) >= 11 is 0. The number of carbonyl (C=O) groups is 2. The maximum atomic E-state index is 16.6. The van der Waals surface area contributed by atoms with E-state index < -0.39 is 88.1 Å². The SMILES string of the molecule is Cc1cc(C2CC2)cc(C)c1-c1cc(C(F)(F)F)c(F)c([C@H](CC(=O)O)NC(=O)C(CC(C)C)n2cc(CCCN(C)C)c(C(F)(F)F)cc2=O)c1F. The Morgan fingerprint density at radius 1 is 0.943 bits per heavy atom. The molecular formula is C38H43F8N3O4. The van der Waals surface area contributed by atoms with E-state index in [4.69, 9.17) is 0 Å². The normalized spacial score (nSPS) is 14.9. The Morgan fingerprint density at radius 2 is 1.53 bits per heavy atom. The molecule has 2 N–H and O–H groups in total. The summed E-state index contributed by atoms with van der Waals surface area (Å²) in [6.07, 6.45) is -8.95. The van der Waals surface area contributed by atoms with Crippen molar-refractivity contribution in [3.05, 3.63) is 91.4 Å². The maximum Gasteiger partial charge on any atom is 0.419 e. The van der Waals surface area contributed by atoms with Gasteiger partial charge in [0.1, 0.15) is 17.7 Å². The molecule has 0 spiro atoms. The number of aryl methyl sites for hydroxylation is 3. The monoisotopic (exact) mass is 757 g/mol. The zero-order valence-corrected chi connectivity index (χ0v) is 30.2. The molecule has 0 bridgehead atoms. The molecule has 0 radical (unpaired) electrons. The van der Waals surface area contributed by atoms with E-state index in [0.29, 0.717) is 29.8 Å². The molecule has 4 rings (SSSR count). The molecule has 1 fully saturated rings. The van der Waals surface area contributed by atoms with Gasteiger partial charge in [0.2, 0.25) is 5.91 Å². The van der Waals surface area contributed by atoms with Gasteiger partial charge in [-0.15, -0.1) is 0 Å². The molecule has 0 aliphatic heterocycles. The number of aromatic nitrogens is 1. The molecule has 1 saturated carbocycles. The highest BCUT2D eigenvalue weighted by Gasteiger charge is 2.41. The van der Waals surface area contributed by atoms with E-state index in [2.05, 4.69) is 5.32 Å². The highest BCUT2D eigenvalue weighted by Crippen LogP contribution is 2.45. The first-order chi connectivity index (χ1) is 24.5. The van der Waals surface area contributed by atoms with Gasteiger partial charge in [-0.05, 0) is 112 Å². The van der Waals surface area contributed by atoms with Crippen molar-refractivity contribution < 1.29 is 49.8 Å². The van der Waals surface area contributed by atoms with E-state index >= 15 is 8.78 Å². The summed E-state index contributed by atoms with van der Waals surface area (Å²) in [4.78, 5) is 41.0. The Morgan fingerprint density at radius 3 is 2.02 bits per heavy atom. The maximum absolute atomic E-state index is 16.6. The number of halogens is 8. The van der Waals surface area contributed by atoms with Gasteiger partial charge in [-0.2, -0.15) is 26.3 Å². The van der Waals surface area contributed by atoms with Gasteiger partial charge in [-0.3, -0.25) is 14.4 Å². The Bertz CT molecular complexity index is 1890. The van der Waals surface area contributed by atoms with Crippen LogP contribution in [0.25, 0.3) is 11.1 Å². The number of hydrogen-bond donors (Lipinski definition) is 2. The fourth-order valence-corrected chi connectivity index (χ4v) is 6.77. The molecule has 1 amide bonds. The number of rotatable bonds is 14. The van der Waals surface area contributed by atoms with Crippen molar-refractivity contribution in [2.75, 3.05) is 20.6 Å². The first kappa shape index (κ1) is 41.5. The van der Waals surface area contributed by atoms with E-state index in [1.54, 1.807) is 58.8 Å². The summed E-state index contributed by atoms with van der Waals surface area (Å²) in [6.45, 7) is 6.77. The number of benzene rings is 2.